The smallest absolute Gasteiger partial charge is 0.126 e. The number of allylic oxidation sites excluding steroid dienone is 1. The third-order valence-corrected chi connectivity index (χ3v) is 2.73. The van der Waals surface area contributed by atoms with Gasteiger partial charge in [0.25, 0.3) is 0 Å². The Hall–Kier alpha value is -0.990. The average molecular weight is 243 g/mol. The first kappa shape index (κ1) is 12.1. The highest BCUT2D eigenvalue weighted by molar-refractivity contribution is 6.42. The van der Waals surface area contributed by atoms with Gasteiger partial charge in [-0.15, -0.1) is 0 Å². The molecule has 2 N–H and O–H groups in total. The summed E-state index contributed by atoms with van der Waals surface area (Å²) in [5.41, 5.74) is 7.38. The van der Waals surface area contributed by atoms with Gasteiger partial charge >= 0.3 is 0 Å². The van der Waals surface area contributed by atoms with E-state index in [1.807, 2.05) is 19.9 Å². The first-order valence-corrected chi connectivity index (χ1v) is 5.22. The normalized spacial score (nSPS) is 13.1. The minimum absolute atomic E-state index is 0.476. The Morgan fingerprint density at radius 2 is 2.00 bits per heavy atom. The van der Waals surface area contributed by atoms with Crippen molar-refractivity contribution in [1.29, 1.82) is 0 Å². The predicted octanol–water partition coefficient (Wildman–Crippen LogP) is 3.95. The average Bonchev–Trinajstić information content (AvgIpc) is 2.22. The number of nitrogens with zero attached hydrogens (tertiary/aromatic N) is 1. The van der Waals surface area contributed by atoms with Crippen LogP contribution in [-0.4, -0.2) is 5.84 Å². The Morgan fingerprint density at radius 1 is 1.33 bits per heavy atom. The molecule has 0 radical (unpaired) electrons. The molecule has 0 fully saturated rings. The van der Waals surface area contributed by atoms with Crippen molar-refractivity contribution < 1.29 is 0 Å². The quantitative estimate of drug-likeness (QED) is 0.619. The summed E-state index contributed by atoms with van der Waals surface area (Å²) in [6.45, 7) is 3.81. The van der Waals surface area contributed by atoms with Gasteiger partial charge in [0, 0.05) is 0 Å². The monoisotopic (exact) mass is 242 g/mol. The van der Waals surface area contributed by atoms with Gasteiger partial charge in [-0.2, -0.15) is 0 Å². The first-order valence-electron chi connectivity index (χ1n) is 4.47. The maximum Gasteiger partial charge on any atom is 0.126 e. The van der Waals surface area contributed by atoms with Gasteiger partial charge in [-0.25, -0.2) is 4.99 Å². The second kappa shape index (κ2) is 5.19. The molecule has 0 aliphatic carbocycles. The van der Waals surface area contributed by atoms with E-state index in [0.29, 0.717) is 21.6 Å². The molecule has 0 saturated heterocycles. The van der Waals surface area contributed by atoms with Crippen molar-refractivity contribution in [2.45, 2.75) is 13.8 Å². The zero-order chi connectivity index (χ0) is 11.4. The fourth-order valence-corrected chi connectivity index (χ4v) is 1.22. The van der Waals surface area contributed by atoms with Crippen LogP contribution in [0.4, 0.5) is 5.69 Å². The van der Waals surface area contributed by atoms with Crippen LogP contribution in [0.25, 0.3) is 0 Å². The Bertz CT molecular complexity index is 423. The van der Waals surface area contributed by atoms with E-state index in [0.717, 1.165) is 5.57 Å². The lowest BCUT2D eigenvalue weighted by atomic mass is 10.2. The van der Waals surface area contributed by atoms with Gasteiger partial charge in [-0.3, -0.25) is 0 Å². The molecular weight excluding hydrogens is 231 g/mol. The summed E-state index contributed by atoms with van der Waals surface area (Å²) in [6, 6.07) is 5.14. The van der Waals surface area contributed by atoms with Gasteiger partial charge < -0.3 is 5.73 Å². The van der Waals surface area contributed by atoms with E-state index in [9.17, 15) is 0 Å². The minimum atomic E-state index is 0.476. The third-order valence-electron chi connectivity index (χ3n) is 1.99. The molecule has 0 heterocycles. The molecule has 1 rings (SSSR count). The van der Waals surface area contributed by atoms with Gasteiger partial charge in [-0.05, 0) is 37.6 Å². The van der Waals surface area contributed by atoms with E-state index in [4.69, 9.17) is 28.9 Å². The van der Waals surface area contributed by atoms with Crippen molar-refractivity contribution in [3.8, 4) is 0 Å². The second-order valence-electron chi connectivity index (χ2n) is 3.07. The molecule has 1 aromatic rings. The Labute approximate surface area is 99.4 Å². The van der Waals surface area contributed by atoms with Crippen molar-refractivity contribution in [1.82, 2.24) is 0 Å². The van der Waals surface area contributed by atoms with Crippen LogP contribution >= 0.6 is 23.2 Å². The number of benzene rings is 1. The van der Waals surface area contributed by atoms with E-state index < -0.39 is 0 Å². The zero-order valence-electron chi connectivity index (χ0n) is 8.59. The number of hydrogen-bond donors (Lipinski definition) is 1. The highest BCUT2D eigenvalue weighted by Crippen LogP contribution is 2.26. The largest absolute Gasteiger partial charge is 0.383 e. The van der Waals surface area contributed by atoms with Gasteiger partial charge in [0.05, 0.1) is 15.7 Å². The highest BCUT2D eigenvalue weighted by atomic mass is 35.5. The van der Waals surface area contributed by atoms with Gasteiger partial charge in [0.15, 0.2) is 0 Å². The molecule has 0 spiro atoms. The fourth-order valence-electron chi connectivity index (χ4n) is 0.930. The van der Waals surface area contributed by atoms with Crippen LogP contribution in [0.5, 0.6) is 0 Å². The topological polar surface area (TPSA) is 38.4 Å². The van der Waals surface area contributed by atoms with E-state index >= 15 is 0 Å². The molecule has 80 valence electrons. The maximum atomic E-state index is 5.85. The summed E-state index contributed by atoms with van der Waals surface area (Å²) >= 11 is 11.6. The van der Waals surface area contributed by atoms with Crippen LogP contribution in [0.15, 0.2) is 34.8 Å². The molecule has 2 nitrogen and oxygen atoms in total. The molecule has 0 aliphatic heterocycles. The van der Waals surface area contributed by atoms with Crippen LogP contribution in [0.3, 0.4) is 0 Å². The van der Waals surface area contributed by atoms with Crippen molar-refractivity contribution in [3.05, 3.63) is 39.9 Å². The summed E-state index contributed by atoms with van der Waals surface area (Å²) in [5.74, 6) is 0.482. The molecule has 0 aliphatic rings. The summed E-state index contributed by atoms with van der Waals surface area (Å²) in [6.07, 6.45) is 1.90. The first-order chi connectivity index (χ1) is 7.04. The van der Waals surface area contributed by atoms with Crippen LogP contribution in [0, 0.1) is 0 Å². The van der Waals surface area contributed by atoms with Crippen molar-refractivity contribution in [2.75, 3.05) is 0 Å². The molecule has 0 aromatic heterocycles. The van der Waals surface area contributed by atoms with E-state index in [1.54, 1.807) is 18.2 Å². The Kier molecular flexibility index (Phi) is 4.18. The van der Waals surface area contributed by atoms with Gasteiger partial charge in [0.1, 0.15) is 5.84 Å². The molecule has 0 amide bonds. The maximum absolute atomic E-state index is 5.85. The summed E-state index contributed by atoms with van der Waals surface area (Å²) in [7, 11) is 0. The number of nitrogens with two attached hydrogens (primary N) is 1. The number of halogens is 2. The van der Waals surface area contributed by atoms with Crippen molar-refractivity contribution >= 4 is 34.7 Å². The van der Waals surface area contributed by atoms with Gasteiger partial charge in [-0.1, -0.05) is 29.3 Å². The molecule has 0 atom stereocenters. The Morgan fingerprint density at radius 3 is 2.53 bits per heavy atom. The summed E-state index contributed by atoms with van der Waals surface area (Å²) in [4.78, 5) is 4.21. The molecule has 1 aromatic carbocycles. The SMILES string of the molecule is CC=C(C)C(N)=Nc1ccc(Cl)c(Cl)c1. The lowest BCUT2D eigenvalue weighted by molar-refractivity contribution is 1.41. The van der Waals surface area contributed by atoms with Crippen LogP contribution in [0.1, 0.15) is 13.8 Å². The van der Waals surface area contributed by atoms with E-state index in [1.165, 1.54) is 0 Å². The zero-order valence-corrected chi connectivity index (χ0v) is 10.1. The van der Waals surface area contributed by atoms with Crippen LogP contribution < -0.4 is 5.73 Å². The fraction of sp³-hybridized carbons (Fsp3) is 0.182. The van der Waals surface area contributed by atoms with Crippen molar-refractivity contribution in [2.24, 2.45) is 10.7 Å². The van der Waals surface area contributed by atoms with E-state index in [-0.39, 0.29) is 0 Å². The highest BCUT2D eigenvalue weighted by Gasteiger charge is 2.00. The minimum Gasteiger partial charge on any atom is -0.383 e. The van der Waals surface area contributed by atoms with Crippen LogP contribution in [0.2, 0.25) is 10.0 Å². The number of amidine groups is 1. The van der Waals surface area contributed by atoms with Crippen molar-refractivity contribution in [3.63, 3.8) is 0 Å². The number of aliphatic imine (C=N–C) groups is 1. The van der Waals surface area contributed by atoms with E-state index in [2.05, 4.69) is 4.99 Å². The number of hydrogen-bond acceptors (Lipinski definition) is 1. The molecular formula is C11H12Cl2N2. The molecule has 4 heteroatoms. The third kappa shape index (κ3) is 3.26. The number of rotatable bonds is 2. The Balaban J connectivity index is 3.04. The summed E-state index contributed by atoms with van der Waals surface area (Å²) in [5, 5.41) is 0.987. The molecule has 0 unspecified atom stereocenters. The lowest BCUT2D eigenvalue weighted by Gasteiger charge is -2.01. The second-order valence-corrected chi connectivity index (χ2v) is 3.88. The molecule has 0 saturated carbocycles. The summed E-state index contributed by atoms with van der Waals surface area (Å²) < 4.78 is 0. The molecule has 15 heavy (non-hydrogen) atoms. The van der Waals surface area contributed by atoms with Gasteiger partial charge in [0.2, 0.25) is 0 Å². The molecule has 0 bridgehead atoms. The van der Waals surface area contributed by atoms with Crippen LogP contribution in [-0.2, 0) is 0 Å². The lowest BCUT2D eigenvalue weighted by Crippen LogP contribution is -2.12. The standard InChI is InChI=1S/C11H12Cl2N2/c1-3-7(2)11(14)15-8-4-5-9(12)10(13)6-8/h3-6H,1-2H3,(H2,14,15). The predicted molar refractivity (Wildman–Crippen MR) is 67.2 cm³/mol.